The highest BCUT2D eigenvalue weighted by atomic mass is 79.9. The summed E-state index contributed by atoms with van der Waals surface area (Å²) in [6, 6.07) is 9.09. The zero-order valence-corrected chi connectivity index (χ0v) is 20.3. The van der Waals surface area contributed by atoms with E-state index in [4.69, 9.17) is 9.47 Å². The van der Waals surface area contributed by atoms with Crippen LogP contribution in [-0.4, -0.2) is 24.7 Å². The van der Waals surface area contributed by atoms with Crippen molar-refractivity contribution < 1.29 is 23.5 Å². The number of hydrogen-bond donors (Lipinski definition) is 2. The number of nitrogens with one attached hydrogen (secondary N) is 2. The molecule has 170 valence electrons. The SMILES string of the molecule is COc1cc(C(=O)Nc2cc(NC(=O)OC(C)(C)C)ccc2F)c(Br)c(C(C)(C)C#N)c1. The molecule has 0 saturated carbocycles. The molecular formula is C23H25BrFN3O4. The molecule has 32 heavy (non-hydrogen) atoms. The van der Waals surface area contributed by atoms with Crippen molar-refractivity contribution in [3.8, 4) is 11.8 Å². The average Bonchev–Trinajstić information content (AvgIpc) is 2.69. The first kappa shape index (κ1) is 25.1. The van der Waals surface area contributed by atoms with E-state index in [1.165, 1.54) is 25.3 Å². The minimum Gasteiger partial charge on any atom is -0.497 e. The van der Waals surface area contributed by atoms with Crippen molar-refractivity contribution in [2.75, 3.05) is 17.7 Å². The highest BCUT2D eigenvalue weighted by molar-refractivity contribution is 9.10. The Morgan fingerprint density at radius 1 is 1.09 bits per heavy atom. The van der Waals surface area contributed by atoms with E-state index in [-0.39, 0.29) is 16.9 Å². The van der Waals surface area contributed by atoms with Gasteiger partial charge in [-0.3, -0.25) is 10.1 Å². The molecule has 0 spiro atoms. The second-order valence-corrected chi connectivity index (χ2v) is 9.34. The predicted molar refractivity (Wildman–Crippen MR) is 124 cm³/mol. The second kappa shape index (κ2) is 9.57. The van der Waals surface area contributed by atoms with Gasteiger partial charge in [-0.25, -0.2) is 9.18 Å². The third kappa shape index (κ3) is 6.20. The minimum absolute atomic E-state index is 0.139. The number of hydrogen-bond acceptors (Lipinski definition) is 5. The van der Waals surface area contributed by atoms with E-state index in [1.54, 1.807) is 40.7 Å². The molecule has 2 aromatic carbocycles. The van der Waals surface area contributed by atoms with Gasteiger partial charge in [0.1, 0.15) is 17.2 Å². The molecule has 0 aliphatic carbocycles. The number of nitrogens with zero attached hydrogens (tertiary/aromatic N) is 1. The maximum absolute atomic E-state index is 14.4. The highest BCUT2D eigenvalue weighted by Crippen LogP contribution is 2.36. The van der Waals surface area contributed by atoms with Crippen LogP contribution in [0, 0.1) is 17.1 Å². The quantitative estimate of drug-likeness (QED) is 0.518. The lowest BCUT2D eigenvalue weighted by Gasteiger charge is -2.21. The third-order valence-corrected chi connectivity index (χ3v) is 5.19. The van der Waals surface area contributed by atoms with Crippen LogP contribution in [0.15, 0.2) is 34.8 Å². The van der Waals surface area contributed by atoms with Crippen LogP contribution in [0.4, 0.5) is 20.6 Å². The number of carbonyl (C=O) groups is 2. The van der Waals surface area contributed by atoms with E-state index in [0.717, 1.165) is 6.07 Å². The van der Waals surface area contributed by atoms with Gasteiger partial charge < -0.3 is 14.8 Å². The van der Waals surface area contributed by atoms with Gasteiger partial charge in [-0.05, 0) is 86.4 Å². The fourth-order valence-corrected chi connectivity index (χ4v) is 3.61. The van der Waals surface area contributed by atoms with Gasteiger partial charge in [0.05, 0.1) is 29.8 Å². The Morgan fingerprint density at radius 3 is 2.31 bits per heavy atom. The summed E-state index contributed by atoms with van der Waals surface area (Å²) < 4.78 is 25.2. The maximum Gasteiger partial charge on any atom is 0.412 e. The van der Waals surface area contributed by atoms with E-state index in [0.29, 0.717) is 15.8 Å². The standard InChI is InChI=1S/C23H25BrFN3O4/c1-22(2,3)32-21(30)27-13-7-8-17(25)18(9-13)28-20(29)15-10-14(31-6)11-16(19(15)24)23(4,5)12-26/h7-11H,1-6H3,(H,27,30)(H,28,29). The fraction of sp³-hybridized carbons (Fsp3) is 0.348. The van der Waals surface area contributed by atoms with Crippen molar-refractivity contribution in [3.05, 3.63) is 51.7 Å². The fourth-order valence-electron chi connectivity index (χ4n) is 2.71. The molecule has 0 aliphatic heterocycles. The molecule has 0 atom stereocenters. The molecule has 0 fully saturated rings. The molecule has 2 rings (SSSR count). The lowest BCUT2D eigenvalue weighted by molar-refractivity contribution is 0.0635. The number of nitriles is 1. The molecule has 2 aromatic rings. The molecule has 0 aromatic heterocycles. The van der Waals surface area contributed by atoms with Gasteiger partial charge in [0, 0.05) is 10.2 Å². The van der Waals surface area contributed by atoms with Gasteiger partial charge in [-0.1, -0.05) is 0 Å². The Kier molecular flexibility index (Phi) is 7.52. The van der Waals surface area contributed by atoms with Gasteiger partial charge >= 0.3 is 6.09 Å². The Hall–Kier alpha value is -3.12. The van der Waals surface area contributed by atoms with Crippen molar-refractivity contribution in [2.45, 2.75) is 45.6 Å². The number of ether oxygens (including phenoxy) is 2. The maximum atomic E-state index is 14.4. The molecule has 0 unspecified atom stereocenters. The minimum atomic E-state index is -0.912. The number of carbonyl (C=O) groups excluding carboxylic acids is 2. The van der Waals surface area contributed by atoms with Crippen LogP contribution in [0.25, 0.3) is 0 Å². The molecule has 2 amide bonds. The molecular weight excluding hydrogens is 481 g/mol. The summed E-state index contributed by atoms with van der Waals surface area (Å²) in [7, 11) is 1.44. The van der Waals surface area contributed by atoms with Crippen LogP contribution >= 0.6 is 15.9 Å². The third-order valence-electron chi connectivity index (χ3n) is 4.34. The molecule has 7 nitrogen and oxygen atoms in total. The van der Waals surface area contributed by atoms with E-state index in [9.17, 15) is 19.2 Å². The van der Waals surface area contributed by atoms with E-state index >= 15 is 0 Å². The van der Waals surface area contributed by atoms with Crippen LogP contribution in [-0.2, 0) is 10.2 Å². The van der Waals surface area contributed by atoms with Crippen molar-refractivity contribution in [1.82, 2.24) is 0 Å². The molecule has 0 bridgehead atoms. The number of halogens is 2. The van der Waals surface area contributed by atoms with E-state index in [1.807, 2.05) is 0 Å². The van der Waals surface area contributed by atoms with Gasteiger partial charge in [0.2, 0.25) is 0 Å². The first-order valence-electron chi connectivity index (χ1n) is 9.67. The Labute approximate surface area is 195 Å². The molecule has 0 aliphatic rings. The Balaban J connectivity index is 2.36. The monoisotopic (exact) mass is 505 g/mol. The zero-order chi connectivity index (χ0) is 24.3. The lowest BCUT2D eigenvalue weighted by Crippen LogP contribution is -2.27. The van der Waals surface area contributed by atoms with Gasteiger partial charge in [-0.15, -0.1) is 0 Å². The van der Waals surface area contributed by atoms with Crippen molar-refractivity contribution in [3.63, 3.8) is 0 Å². The van der Waals surface area contributed by atoms with Crippen LogP contribution in [0.1, 0.15) is 50.5 Å². The largest absolute Gasteiger partial charge is 0.497 e. The number of benzene rings is 2. The summed E-state index contributed by atoms with van der Waals surface area (Å²) in [5, 5.41) is 14.5. The zero-order valence-electron chi connectivity index (χ0n) is 18.7. The first-order valence-corrected chi connectivity index (χ1v) is 10.5. The number of rotatable bonds is 5. The summed E-state index contributed by atoms with van der Waals surface area (Å²) >= 11 is 3.39. The van der Waals surface area contributed by atoms with Crippen LogP contribution in [0.2, 0.25) is 0 Å². The summed E-state index contributed by atoms with van der Waals surface area (Å²) in [6.07, 6.45) is -0.708. The molecule has 9 heteroatoms. The molecule has 0 saturated heterocycles. The highest BCUT2D eigenvalue weighted by Gasteiger charge is 2.27. The van der Waals surface area contributed by atoms with E-state index in [2.05, 4.69) is 32.6 Å². The first-order chi connectivity index (χ1) is 14.8. The van der Waals surface area contributed by atoms with Crippen molar-refractivity contribution in [1.29, 1.82) is 5.26 Å². The topological polar surface area (TPSA) is 100 Å². The smallest absolute Gasteiger partial charge is 0.412 e. The summed E-state index contributed by atoms with van der Waals surface area (Å²) in [5.74, 6) is -0.943. The predicted octanol–water partition coefficient (Wildman–Crippen LogP) is 6.00. The van der Waals surface area contributed by atoms with Gasteiger partial charge in [-0.2, -0.15) is 5.26 Å². The lowest BCUT2D eigenvalue weighted by atomic mass is 9.85. The Bertz CT molecular complexity index is 1090. The number of amides is 2. The molecule has 0 heterocycles. The average molecular weight is 506 g/mol. The van der Waals surface area contributed by atoms with Crippen molar-refractivity contribution in [2.24, 2.45) is 0 Å². The summed E-state index contributed by atoms with van der Waals surface area (Å²) in [4.78, 5) is 25.0. The van der Waals surface area contributed by atoms with Crippen LogP contribution < -0.4 is 15.4 Å². The van der Waals surface area contributed by atoms with Crippen LogP contribution in [0.5, 0.6) is 5.75 Å². The Morgan fingerprint density at radius 2 is 1.75 bits per heavy atom. The number of anilines is 2. The molecule has 0 radical (unpaired) electrons. The van der Waals surface area contributed by atoms with Crippen molar-refractivity contribution >= 4 is 39.3 Å². The van der Waals surface area contributed by atoms with Crippen LogP contribution in [0.3, 0.4) is 0 Å². The van der Waals surface area contributed by atoms with Gasteiger partial charge in [0.15, 0.2) is 0 Å². The van der Waals surface area contributed by atoms with E-state index < -0.39 is 28.8 Å². The summed E-state index contributed by atoms with van der Waals surface area (Å²) in [5.41, 5.74) is -0.802. The normalized spacial score (nSPS) is 11.3. The second-order valence-electron chi connectivity index (χ2n) is 8.55. The number of methoxy groups -OCH3 is 1. The summed E-state index contributed by atoms with van der Waals surface area (Å²) in [6.45, 7) is 8.57. The van der Waals surface area contributed by atoms with Gasteiger partial charge in [0.25, 0.3) is 5.91 Å². The molecule has 2 N–H and O–H groups in total.